The Morgan fingerprint density at radius 1 is 1.59 bits per heavy atom. The summed E-state index contributed by atoms with van der Waals surface area (Å²) in [4.78, 5) is 11.1. The normalized spacial score (nSPS) is 10.1. The summed E-state index contributed by atoms with van der Waals surface area (Å²) in [6.07, 6.45) is 0.819. The summed E-state index contributed by atoms with van der Waals surface area (Å²) in [6, 6.07) is 3.89. The fourth-order valence-electron chi connectivity index (χ4n) is 1.17. The zero-order valence-corrected chi connectivity index (χ0v) is 10.2. The van der Waals surface area contributed by atoms with Gasteiger partial charge in [-0.3, -0.25) is 9.80 Å². The van der Waals surface area contributed by atoms with Crippen LogP contribution < -0.4 is 10.6 Å². The van der Waals surface area contributed by atoms with Gasteiger partial charge in [-0.25, -0.2) is 10.2 Å². The maximum absolute atomic E-state index is 12.7. The first-order valence-corrected chi connectivity index (χ1v) is 5.47. The van der Waals surface area contributed by atoms with Crippen LogP contribution >= 0.6 is 11.6 Å². The van der Waals surface area contributed by atoms with Crippen molar-refractivity contribution >= 4 is 17.5 Å². The van der Waals surface area contributed by atoms with Gasteiger partial charge in [-0.1, -0.05) is 11.6 Å². The summed E-state index contributed by atoms with van der Waals surface area (Å²) >= 11 is 5.76. The van der Waals surface area contributed by atoms with Gasteiger partial charge < -0.3 is 4.74 Å². The zero-order chi connectivity index (χ0) is 12.8. The summed E-state index contributed by atoms with van der Waals surface area (Å²) in [7, 11) is 1.49. The molecule has 0 aliphatic heterocycles. The molecule has 0 spiro atoms. The quantitative estimate of drug-likeness (QED) is 0.381. The number of nitrogens with two attached hydrogens (primary N) is 1. The van der Waals surface area contributed by atoms with Crippen molar-refractivity contribution in [1.82, 2.24) is 5.01 Å². The number of hydrogen-bond acceptors (Lipinski definition) is 3. The SMILES string of the molecule is CN(N)C(=O)CCCOc1ccc(F)cc1Cl. The summed E-state index contributed by atoms with van der Waals surface area (Å²) in [5.41, 5.74) is 0. The lowest BCUT2D eigenvalue weighted by atomic mass is 10.3. The summed E-state index contributed by atoms with van der Waals surface area (Å²) < 4.78 is 18.0. The number of amides is 1. The number of halogens is 2. The van der Waals surface area contributed by atoms with Crippen molar-refractivity contribution in [2.24, 2.45) is 5.84 Å². The van der Waals surface area contributed by atoms with Gasteiger partial charge >= 0.3 is 0 Å². The molecular weight excluding hydrogens is 247 g/mol. The van der Waals surface area contributed by atoms with Crippen LogP contribution in [0.4, 0.5) is 4.39 Å². The Morgan fingerprint density at radius 2 is 2.29 bits per heavy atom. The molecule has 0 atom stereocenters. The van der Waals surface area contributed by atoms with Crippen LogP contribution in [0.2, 0.25) is 5.02 Å². The van der Waals surface area contributed by atoms with Gasteiger partial charge in [-0.2, -0.15) is 0 Å². The molecular formula is C11H14ClFN2O2. The van der Waals surface area contributed by atoms with E-state index in [-0.39, 0.29) is 10.9 Å². The predicted octanol–water partition coefficient (Wildman–Crippen LogP) is 1.97. The molecule has 4 nitrogen and oxygen atoms in total. The van der Waals surface area contributed by atoms with Gasteiger partial charge in [-0.05, 0) is 24.6 Å². The third-order valence-electron chi connectivity index (χ3n) is 2.08. The molecule has 0 radical (unpaired) electrons. The standard InChI is InChI=1S/C11H14ClFN2O2/c1-15(14)11(16)3-2-6-17-10-5-4-8(13)7-9(10)12/h4-5,7H,2-3,6,14H2,1H3. The van der Waals surface area contributed by atoms with Crippen LogP contribution in [0.5, 0.6) is 5.75 Å². The molecule has 94 valence electrons. The van der Waals surface area contributed by atoms with Gasteiger partial charge in [0.2, 0.25) is 5.91 Å². The molecule has 0 fully saturated rings. The third kappa shape index (κ3) is 4.58. The van der Waals surface area contributed by atoms with Crippen LogP contribution in [-0.4, -0.2) is 24.6 Å². The van der Waals surface area contributed by atoms with E-state index in [2.05, 4.69) is 0 Å². The first-order valence-electron chi connectivity index (χ1n) is 5.10. The van der Waals surface area contributed by atoms with Crippen molar-refractivity contribution in [1.29, 1.82) is 0 Å². The Kier molecular flexibility index (Phi) is 5.18. The van der Waals surface area contributed by atoms with Crippen LogP contribution in [0.25, 0.3) is 0 Å². The lowest BCUT2D eigenvalue weighted by Gasteiger charge is -2.10. The highest BCUT2D eigenvalue weighted by atomic mass is 35.5. The Morgan fingerprint density at radius 3 is 2.88 bits per heavy atom. The molecule has 1 amide bonds. The number of rotatable bonds is 5. The van der Waals surface area contributed by atoms with E-state index >= 15 is 0 Å². The van der Waals surface area contributed by atoms with E-state index in [9.17, 15) is 9.18 Å². The molecule has 2 N–H and O–H groups in total. The summed E-state index contributed by atoms with van der Waals surface area (Å²) in [5, 5.41) is 1.25. The Hall–Kier alpha value is -1.33. The number of carbonyl (C=O) groups is 1. The highest BCUT2D eigenvalue weighted by molar-refractivity contribution is 6.32. The topological polar surface area (TPSA) is 55.6 Å². The fourth-order valence-corrected chi connectivity index (χ4v) is 1.40. The zero-order valence-electron chi connectivity index (χ0n) is 9.45. The van der Waals surface area contributed by atoms with Gasteiger partial charge in [0, 0.05) is 13.5 Å². The van der Waals surface area contributed by atoms with E-state index in [1.807, 2.05) is 0 Å². The molecule has 1 aromatic rings. The molecule has 0 saturated carbocycles. The van der Waals surface area contributed by atoms with Crippen molar-refractivity contribution in [3.05, 3.63) is 29.0 Å². The monoisotopic (exact) mass is 260 g/mol. The first-order chi connectivity index (χ1) is 8.00. The molecule has 0 bridgehead atoms. The van der Waals surface area contributed by atoms with E-state index in [0.717, 1.165) is 5.01 Å². The second-order valence-corrected chi connectivity index (χ2v) is 3.94. The van der Waals surface area contributed by atoms with Crippen LogP contribution in [0.1, 0.15) is 12.8 Å². The second-order valence-electron chi connectivity index (χ2n) is 3.53. The van der Waals surface area contributed by atoms with Crippen LogP contribution in [0.3, 0.4) is 0 Å². The molecule has 0 heterocycles. The lowest BCUT2D eigenvalue weighted by Crippen LogP contribution is -2.33. The molecule has 0 unspecified atom stereocenters. The van der Waals surface area contributed by atoms with Crippen molar-refractivity contribution in [3.8, 4) is 5.75 Å². The van der Waals surface area contributed by atoms with Crippen molar-refractivity contribution < 1.29 is 13.9 Å². The highest BCUT2D eigenvalue weighted by Gasteiger charge is 2.06. The third-order valence-corrected chi connectivity index (χ3v) is 2.38. The molecule has 0 saturated heterocycles. The van der Waals surface area contributed by atoms with Crippen LogP contribution in [0.15, 0.2) is 18.2 Å². The molecule has 1 aromatic carbocycles. The minimum absolute atomic E-state index is 0.168. The van der Waals surface area contributed by atoms with Crippen LogP contribution in [0, 0.1) is 5.82 Å². The average molecular weight is 261 g/mol. The van der Waals surface area contributed by atoms with Gasteiger partial charge in [0.25, 0.3) is 0 Å². The van der Waals surface area contributed by atoms with Gasteiger partial charge in [-0.15, -0.1) is 0 Å². The van der Waals surface area contributed by atoms with E-state index in [1.54, 1.807) is 0 Å². The van der Waals surface area contributed by atoms with Crippen molar-refractivity contribution in [2.45, 2.75) is 12.8 Å². The predicted molar refractivity (Wildman–Crippen MR) is 63.1 cm³/mol. The van der Waals surface area contributed by atoms with Gasteiger partial charge in [0.15, 0.2) is 0 Å². The van der Waals surface area contributed by atoms with Crippen molar-refractivity contribution in [2.75, 3.05) is 13.7 Å². The highest BCUT2D eigenvalue weighted by Crippen LogP contribution is 2.24. The number of hydrogen-bond donors (Lipinski definition) is 1. The summed E-state index contributed by atoms with van der Waals surface area (Å²) in [6.45, 7) is 0.324. The largest absolute Gasteiger partial charge is 0.492 e. The number of ether oxygens (including phenoxy) is 1. The maximum atomic E-state index is 12.7. The molecule has 0 aliphatic carbocycles. The number of hydrazine groups is 1. The number of benzene rings is 1. The van der Waals surface area contributed by atoms with E-state index < -0.39 is 5.82 Å². The lowest BCUT2D eigenvalue weighted by molar-refractivity contribution is -0.130. The average Bonchev–Trinajstić information content (AvgIpc) is 2.26. The smallest absolute Gasteiger partial charge is 0.236 e. The van der Waals surface area contributed by atoms with Crippen LogP contribution in [-0.2, 0) is 4.79 Å². The second kappa shape index (κ2) is 6.42. The van der Waals surface area contributed by atoms with E-state index in [1.165, 1.54) is 25.2 Å². The minimum atomic E-state index is -0.415. The molecule has 0 aromatic heterocycles. The molecule has 17 heavy (non-hydrogen) atoms. The molecule has 1 rings (SSSR count). The maximum Gasteiger partial charge on any atom is 0.236 e. The summed E-state index contributed by atoms with van der Waals surface area (Å²) in [5.74, 6) is 5.07. The van der Waals surface area contributed by atoms with E-state index in [0.29, 0.717) is 25.2 Å². The minimum Gasteiger partial charge on any atom is -0.492 e. The number of carbonyl (C=O) groups excluding carboxylic acids is 1. The number of nitrogens with zero attached hydrogens (tertiary/aromatic N) is 1. The van der Waals surface area contributed by atoms with Crippen molar-refractivity contribution in [3.63, 3.8) is 0 Å². The van der Waals surface area contributed by atoms with Gasteiger partial charge in [0.05, 0.1) is 11.6 Å². The molecule has 6 heteroatoms. The Balaban J connectivity index is 2.34. The van der Waals surface area contributed by atoms with Gasteiger partial charge in [0.1, 0.15) is 11.6 Å². The van der Waals surface area contributed by atoms with E-state index in [4.69, 9.17) is 22.2 Å². The Labute approximate surface area is 104 Å². The first kappa shape index (κ1) is 13.7. The molecule has 0 aliphatic rings. The Bertz CT molecular complexity index is 399. The fraction of sp³-hybridized carbons (Fsp3) is 0.364.